The predicted molar refractivity (Wildman–Crippen MR) is 50.2 cm³/mol. The Balaban J connectivity index is 3.96. The summed E-state index contributed by atoms with van der Waals surface area (Å²) in [6.45, 7) is 5.94. The van der Waals surface area contributed by atoms with Crippen molar-refractivity contribution in [2.75, 3.05) is 0 Å². The van der Waals surface area contributed by atoms with E-state index in [1.807, 2.05) is 0 Å². The monoisotopic (exact) mass is 206 g/mol. The van der Waals surface area contributed by atoms with Crippen molar-refractivity contribution in [3.63, 3.8) is 0 Å². The lowest BCUT2D eigenvalue weighted by Gasteiger charge is -2.17. The fourth-order valence-electron chi connectivity index (χ4n) is 0.698. The van der Waals surface area contributed by atoms with Crippen molar-refractivity contribution in [2.24, 2.45) is 0 Å². The molecule has 0 fully saturated rings. The van der Waals surface area contributed by atoms with Gasteiger partial charge in [-0.2, -0.15) is 0 Å². The molecule has 0 saturated heterocycles. The Bertz CT molecular complexity index is 221. The second-order valence-corrected chi connectivity index (χ2v) is 4.21. The van der Waals surface area contributed by atoms with E-state index >= 15 is 0 Å². The minimum Gasteiger partial charge on any atom is -0.457 e. The number of ether oxygens (including phenoxy) is 1. The number of allylic oxidation sites excluding steroid dienone is 1. The van der Waals surface area contributed by atoms with Gasteiger partial charge in [-0.3, -0.25) is 0 Å². The van der Waals surface area contributed by atoms with E-state index in [1.165, 1.54) is 0 Å². The molecule has 0 saturated carbocycles. The van der Waals surface area contributed by atoms with Gasteiger partial charge in [0.1, 0.15) is 5.60 Å². The van der Waals surface area contributed by atoms with E-state index in [-0.39, 0.29) is 0 Å². The van der Waals surface area contributed by atoms with Crippen molar-refractivity contribution in [3.05, 3.63) is 12.2 Å². The van der Waals surface area contributed by atoms with Crippen molar-refractivity contribution in [1.82, 2.24) is 0 Å². The Kier molecular flexibility index (Phi) is 4.23. The Morgan fingerprint density at radius 3 is 2.14 bits per heavy atom. The molecule has 0 atom stereocenters. The third-order valence-corrected chi connectivity index (χ3v) is 1.14. The van der Waals surface area contributed by atoms with Crippen LogP contribution in [-0.2, 0) is 9.53 Å². The molecular formula is C10H16F2O2. The highest BCUT2D eigenvalue weighted by Crippen LogP contribution is 2.17. The molecule has 0 aromatic rings. The predicted octanol–water partition coefficient (Wildman–Crippen LogP) is 2.93. The van der Waals surface area contributed by atoms with Crippen molar-refractivity contribution < 1.29 is 18.3 Å². The van der Waals surface area contributed by atoms with Crippen molar-refractivity contribution in [3.8, 4) is 0 Å². The Morgan fingerprint density at radius 2 is 1.79 bits per heavy atom. The van der Waals surface area contributed by atoms with Crippen molar-refractivity contribution >= 4 is 5.97 Å². The van der Waals surface area contributed by atoms with Crippen molar-refractivity contribution in [1.29, 1.82) is 0 Å². The highest BCUT2D eigenvalue weighted by Gasteiger charge is 2.19. The van der Waals surface area contributed by atoms with Crippen LogP contribution in [-0.4, -0.2) is 17.5 Å². The third kappa shape index (κ3) is 9.16. The Morgan fingerprint density at radius 1 is 1.29 bits per heavy atom. The number of carbonyl (C=O) groups is 1. The fraction of sp³-hybridized carbons (Fsp3) is 0.700. The molecule has 14 heavy (non-hydrogen) atoms. The summed E-state index contributed by atoms with van der Waals surface area (Å²) in [5.41, 5.74) is -0.587. The van der Waals surface area contributed by atoms with E-state index in [1.54, 1.807) is 20.8 Å². The van der Waals surface area contributed by atoms with Crippen LogP contribution in [0.25, 0.3) is 0 Å². The summed E-state index contributed by atoms with van der Waals surface area (Å²) in [5.74, 6) is -3.37. The quantitative estimate of drug-likeness (QED) is 0.524. The molecule has 0 bridgehead atoms. The molecule has 2 nitrogen and oxygen atoms in total. The van der Waals surface area contributed by atoms with E-state index in [2.05, 4.69) is 0 Å². The van der Waals surface area contributed by atoms with Gasteiger partial charge in [0, 0.05) is 12.5 Å². The highest BCUT2D eigenvalue weighted by molar-refractivity contribution is 5.82. The first-order valence-electron chi connectivity index (χ1n) is 4.37. The van der Waals surface area contributed by atoms with Crippen LogP contribution >= 0.6 is 0 Å². The summed E-state index contributed by atoms with van der Waals surface area (Å²) in [6.07, 6.45) is 1.70. The zero-order valence-electron chi connectivity index (χ0n) is 8.93. The van der Waals surface area contributed by atoms with E-state index in [0.717, 1.165) is 19.1 Å². The first kappa shape index (κ1) is 13.1. The van der Waals surface area contributed by atoms with Gasteiger partial charge in [0.25, 0.3) is 0 Å². The molecule has 0 amide bonds. The molecule has 0 N–H and O–H groups in total. The normalized spacial score (nSPS) is 13.3. The summed E-state index contributed by atoms with van der Waals surface area (Å²) < 4.78 is 29.5. The van der Waals surface area contributed by atoms with Crippen LogP contribution in [0.2, 0.25) is 0 Å². The molecule has 0 radical (unpaired) electrons. The van der Waals surface area contributed by atoms with Crippen LogP contribution in [0, 0.1) is 0 Å². The van der Waals surface area contributed by atoms with Gasteiger partial charge in [0.05, 0.1) is 0 Å². The average molecular weight is 206 g/mol. The summed E-state index contributed by atoms with van der Waals surface area (Å²) in [6, 6.07) is 0. The molecule has 0 aliphatic rings. The molecule has 0 heterocycles. The zero-order valence-corrected chi connectivity index (χ0v) is 8.93. The molecule has 0 unspecified atom stereocenters. The van der Waals surface area contributed by atoms with Gasteiger partial charge in [-0.05, 0) is 27.7 Å². The summed E-state index contributed by atoms with van der Waals surface area (Å²) in [7, 11) is 0. The number of esters is 1. The molecule has 0 aliphatic heterocycles. The Labute approximate surface area is 82.9 Å². The number of halogens is 2. The number of alkyl halides is 2. The minimum atomic E-state index is -2.78. The van der Waals surface area contributed by atoms with E-state index in [0.29, 0.717) is 0 Å². The molecule has 0 rings (SSSR count). The molecule has 0 spiro atoms. The van der Waals surface area contributed by atoms with Gasteiger partial charge >= 0.3 is 5.97 Å². The van der Waals surface area contributed by atoms with Crippen LogP contribution < -0.4 is 0 Å². The van der Waals surface area contributed by atoms with Crippen LogP contribution in [0.5, 0.6) is 0 Å². The summed E-state index contributed by atoms with van der Waals surface area (Å²) in [5, 5.41) is 0. The van der Waals surface area contributed by atoms with Crippen molar-refractivity contribution in [2.45, 2.75) is 45.6 Å². The van der Waals surface area contributed by atoms with Gasteiger partial charge in [-0.1, -0.05) is 6.08 Å². The number of rotatable bonds is 3. The largest absolute Gasteiger partial charge is 0.457 e. The summed E-state index contributed by atoms with van der Waals surface area (Å²) >= 11 is 0. The van der Waals surface area contributed by atoms with Gasteiger partial charge in [-0.15, -0.1) is 0 Å². The lowest BCUT2D eigenvalue weighted by Crippen LogP contribution is -2.22. The van der Waals surface area contributed by atoms with Gasteiger partial charge < -0.3 is 4.74 Å². The van der Waals surface area contributed by atoms with Crippen LogP contribution in [0.3, 0.4) is 0 Å². The molecule has 82 valence electrons. The number of hydrogen-bond acceptors (Lipinski definition) is 2. The zero-order chi connectivity index (χ0) is 11.4. The lowest BCUT2D eigenvalue weighted by molar-refractivity contribution is -0.148. The second-order valence-electron chi connectivity index (χ2n) is 4.21. The molecule has 0 aromatic heterocycles. The molecule has 0 aromatic carbocycles. The standard InChI is InChI=1S/C10H16F2O2/c1-9(2,3)14-8(13)6-5-7-10(4,11)12/h5-6H,7H2,1-4H3/b6-5+. The van der Waals surface area contributed by atoms with E-state index in [4.69, 9.17) is 4.74 Å². The number of hydrogen-bond donors (Lipinski definition) is 0. The lowest BCUT2D eigenvalue weighted by atomic mass is 10.2. The smallest absolute Gasteiger partial charge is 0.330 e. The van der Waals surface area contributed by atoms with Crippen LogP contribution in [0.15, 0.2) is 12.2 Å². The van der Waals surface area contributed by atoms with Crippen LogP contribution in [0.1, 0.15) is 34.1 Å². The Hall–Kier alpha value is -0.930. The maximum Gasteiger partial charge on any atom is 0.330 e. The first-order chi connectivity index (χ1) is 6.10. The van der Waals surface area contributed by atoms with Crippen LogP contribution in [0.4, 0.5) is 8.78 Å². The minimum absolute atomic E-state index is 0.452. The maximum atomic E-state index is 12.3. The highest BCUT2D eigenvalue weighted by atomic mass is 19.3. The first-order valence-corrected chi connectivity index (χ1v) is 4.37. The van der Waals surface area contributed by atoms with E-state index in [9.17, 15) is 13.6 Å². The van der Waals surface area contributed by atoms with Gasteiger partial charge in [0.2, 0.25) is 5.92 Å². The average Bonchev–Trinajstić information content (AvgIpc) is 1.78. The molecular weight excluding hydrogens is 190 g/mol. The second kappa shape index (κ2) is 4.53. The summed E-state index contributed by atoms with van der Waals surface area (Å²) in [4.78, 5) is 11.0. The van der Waals surface area contributed by atoms with Gasteiger partial charge in [0.15, 0.2) is 0 Å². The maximum absolute atomic E-state index is 12.3. The molecule has 0 aliphatic carbocycles. The third-order valence-electron chi connectivity index (χ3n) is 1.14. The molecule has 4 heteroatoms. The number of carbonyl (C=O) groups excluding carboxylic acids is 1. The van der Waals surface area contributed by atoms with E-state index < -0.39 is 23.9 Å². The van der Waals surface area contributed by atoms with Gasteiger partial charge in [-0.25, -0.2) is 13.6 Å². The SMILES string of the molecule is CC(F)(F)C/C=C/C(=O)OC(C)(C)C. The topological polar surface area (TPSA) is 26.3 Å². The fourth-order valence-corrected chi connectivity index (χ4v) is 0.698.